The third-order valence-electron chi connectivity index (χ3n) is 4.12. The smallest absolute Gasteiger partial charge is 0.247 e. The third-order valence-corrected chi connectivity index (χ3v) is 4.68. The number of rotatable bonds is 5. The third kappa shape index (κ3) is 4.01. The first-order chi connectivity index (χ1) is 13.6. The second-order valence-electron chi connectivity index (χ2n) is 6.07. The van der Waals surface area contributed by atoms with Gasteiger partial charge < -0.3 is 9.73 Å². The highest BCUT2D eigenvalue weighted by atomic mass is 35.5. The van der Waals surface area contributed by atoms with E-state index in [2.05, 4.69) is 15.5 Å². The summed E-state index contributed by atoms with van der Waals surface area (Å²) in [6.07, 6.45) is 0. The van der Waals surface area contributed by atoms with Crippen LogP contribution in [0.25, 0.3) is 11.5 Å². The van der Waals surface area contributed by atoms with E-state index in [9.17, 15) is 4.39 Å². The fraction of sp³-hybridized carbons (Fsp3) is 0.0476. The second-order valence-corrected chi connectivity index (χ2v) is 6.91. The number of hydrogen-bond acceptors (Lipinski definition) is 4. The minimum Gasteiger partial charge on any atom is -0.418 e. The van der Waals surface area contributed by atoms with E-state index in [1.165, 1.54) is 12.1 Å². The second kappa shape index (κ2) is 8.00. The molecular formula is C21H14Cl2FN3O. The van der Waals surface area contributed by atoms with Crippen LogP contribution >= 0.6 is 23.2 Å². The summed E-state index contributed by atoms with van der Waals surface area (Å²) < 4.78 is 19.4. The van der Waals surface area contributed by atoms with Crippen molar-refractivity contribution >= 4 is 28.9 Å². The van der Waals surface area contributed by atoms with E-state index < -0.39 is 11.9 Å². The van der Waals surface area contributed by atoms with E-state index in [0.717, 1.165) is 11.3 Å². The quantitative estimate of drug-likeness (QED) is 0.412. The maximum atomic E-state index is 13.5. The lowest BCUT2D eigenvalue weighted by molar-refractivity contribution is 0.494. The molecule has 4 nitrogen and oxygen atoms in total. The van der Waals surface area contributed by atoms with Gasteiger partial charge in [-0.25, -0.2) is 4.39 Å². The van der Waals surface area contributed by atoms with Gasteiger partial charge in [0.1, 0.15) is 11.9 Å². The summed E-state index contributed by atoms with van der Waals surface area (Å²) in [7, 11) is 0. The fourth-order valence-corrected chi connectivity index (χ4v) is 3.27. The molecule has 0 unspecified atom stereocenters. The molecule has 1 atom stereocenters. The number of nitrogens with zero attached hydrogens (tertiary/aromatic N) is 2. The highest BCUT2D eigenvalue weighted by Crippen LogP contribution is 2.33. The molecule has 0 radical (unpaired) electrons. The van der Waals surface area contributed by atoms with Gasteiger partial charge in [0.15, 0.2) is 0 Å². The normalized spacial score (nSPS) is 12.0. The molecule has 4 rings (SSSR count). The lowest BCUT2D eigenvalue weighted by Crippen LogP contribution is -2.13. The molecule has 0 aliphatic heterocycles. The van der Waals surface area contributed by atoms with Crippen molar-refractivity contribution in [1.29, 1.82) is 0 Å². The largest absolute Gasteiger partial charge is 0.418 e. The maximum absolute atomic E-state index is 13.5. The number of benzene rings is 3. The summed E-state index contributed by atoms with van der Waals surface area (Å²) in [4.78, 5) is 0. The lowest BCUT2D eigenvalue weighted by Gasteiger charge is -2.18. The number of aromatic nitrogens is 2. The molecule has 7 heteroatoms. The van der Waals surface area contributed by atoms with E-state index in [1.54, 1.807) is 18.2 Å². The summed E-state index contributed by atoms with van der Waals surface area (Å²) in [6, 6.07) is 20.2. The number of halogens is 3. The Kier molecular flexibility index (Phi) is 5.28. The molecule has 3 aromatic carbocycles. The predicted octanol–water partition coefficient (Wildman–Crippen LogP) is 6.38. The van der Waals surface area contributed by atoms with Crippen molar-refractivity contribution in [1.82, 2.24) is 10.2 Å². The van der Waals surface area contributed by atoms with Crippen LogP contribution in [0.2, 0.25) is 10.0 Å². The topological polar surface area (TPSA) is 51.0 Å². The van der Waals surface area contributed by atoms with Crippen molar-refractivity contribution in [2.45, 2.75) is 6.04 Å². The van der Waals surface area contributed by atoms with Crippen LogP contribution in [0, 0.1) is 5.82 Å². The van der Waals surface area contributed by atoms with Gasteiger partial charge in [-0.3, -0.25) is 0 Å². The Bertz CT molecular complexity index is 1100. The first kappa shape index (κ1) is 18.5. The Balaban J connectivity index is 1.75. The average molecular weight is 414 g/mol. The maximum Gasteiger partial charge on any atom is 0.247 e. The van der Waals surface area contributed by atoms with Gasteiger partial charge in [0.05, 0.1) is 0 Å². The molecule has 4 aromatic rings. The first-order valence-corrected chi connectivity index (χ1v) is 9.21. The van der Waals surface area contributed by atoms with Gasteiger partial charge in [-0.1, -0.05) is 53.5 Å². The van der Waals surface area contributed by atoms with Crippen LogP contribution < -0.4 is 5.32 Å². The highest BCUT2D eigenvalue weighted by Gasteiger charge is 2.24. The van der Waals surface area contributed by atoms with Gasteiger partial charge in [-0.05, 0) is 42.5 Å². The number of nitrogens with one attached hydrogen (secondary N) is 1. The van der Waals surface area contributed by atoms with E-state index in [4.69, 9.17) is 27.6 Å². The summed E-state index contributed by atoms with van der Waals surface area (Å²) >= 11 is 12.4. The molecule has 1 heterocycles. The number of hydrogen-bond donors (Lipinski definition) is 1. The van der Waals surface area contributed by atoms with Gasteiger partial charge >= 0.3 is 0 Å². The molecule has 0 aliphatic rings. The zero-order chi connectivity index (χ0) is 19.5. The molecule has 1 N–H and O–H groups in total. The summed E-state index contributed by atoms with van der Waals surface area (Å²) in [5.74, 6) is 0.254. The van der Waals surface area contributed by atoms with Crippen LogP contribution in [0.4, 0.5) is 10.1 Å². The Morgan fingerprint density at radius 2 is 1.71 bits per heavy atom. The lowest BCUT2D eigenvalue weighted by atomic mass is 10.1. The van der Waals surface area contributed by atoms with Crippen molar-refractivity contribution in [2.24, 2.45) is 0 Å². The molecule has 140 valence electrons. The Morgan fingerprint density at radius 3 is 2.46 bits per heavy atom. The molecule has 0 bridgehead atoms. The van der Waals surface area contributed by atoms with Crippen LogP contribution in [0.3, 0.4) is 0 Å². The SMILES string of the molecule is Fc1ccc([C@H](Nc2cccc(Cl)c2)c2nnc(-c3ccccc3)o2)c(Cl)c1. The Morgan fingerprint density at radius 1 is 0.893 bits per heavy atom. The molecule has 0 saturated carbocycles. The summed E-state index contributed by atoms with van der Waals surface area (Å²) in [5, 5.41) is 12.4. The Labute approximate surface area is 170 Å². The molecule has 0 fully saturated rings. The van der Waals surface area contributed by atoms with Crippen LogP contribution in [-0.2, 0) is 0 Å². The van der Waals surface area contributed by atoms with Crippen molar-refractivity contribution in [2.75, 3.05) is 5.32 Å². The summed E-state index contributed by atoms with van der Waals surface area (Å²) in [5.41, 5.74) is 2.14. The van der Waals surface area contributed by atoms with Crippen molar-refractivity contribution < 1.29 is 8.81 Å². The van der Waals surface area contributed by atoms with Gasteiger partial charge in [-0.2, -0.15) is 0 Å². The monoisotopic (exact) mass is 413 g/mol. The molecular weight excluding hydrogens is 400 g/mol. The van der Waals surface area contributed by atoms with Gasteiger partial charge in [0.25, 0.3) is 0 Å². The molecule has 28 heavy (non-hydrogen) atoms. The van der Waals surface area contributed by atoms with Crippen molar-refractivity contribution in [3.8, 4) is 11.5 Å². The molecule has 0 saturated heterocycles. The van der Waals surface area contributed by atoms with E-state index in [-0.39, 0.29) is 5.02 Å². The number of anilines is 1. The standard InChI is InChI=1S/C21H14Cl2FN3O/c22-14-7-4-8-16(11-14)25-19(17-10-9-15(24)12-18(17)23)21-27-26-20(28-21)13-5-2-1-3-6-13/h1-12,19,25H/t19-/m0/s1. The van der Waals surface area contributed by atoms with Gasteiger partial charge in [0.2, 0.25) is 11.8 Å². The molecule has 0 spiro atoms. The molecule has 0 amide bonds. The minimum atomic E-state index is -0.587. The minimum absolute atomic E-state index is 0.249. The van der Waals surface area contributed by atoms with Crippen LogP contribution in [0.15, 0.2) is 77.2 Å². The van der Waals surface area contributed by atoms with Gasteiger partial charge in [0, 0.05) is 26.9 Å². The average Bonchev–Trinajstić information content (AvgIpc) is 3.17. The summed E-state index contributed by atoms with van der Waals surface area (Å²) in [6.45, 7) is 0. The molecule has 0 aliphatic carbocycles. The van der Waals surface area contributed by atoms with E-state index >= 15 is 0 Å². The molecule has 1 aromatic heterocycles. The predicted molar refractivity (Wildman–Crippen MR) is 108 cm³/mol. The van der Waals surface area contributed by atoms with Gasteiger partial charge in [-0.15, -0.1) is 10.2 Å². The fourth-order valence-electron chi connectivity index (χ4n) is 2.80. The van der Waals surface area contributed by atoms with Crippen molar-refractivity contribution in [3.63, 3.8) is 0 Å². The zero-order valence-corrected chi connectivity index (χ0v) is 16.0. The first-order valence-electron chi connectivity index (χ1n) is 8.46. The van der Waals surface area contributed by atoms with Crippen LogP contribution in [0.5, 0.6) is 0 Å². The zero-order valence-electron chi connectivity index (χ0n) is 14.4. The Hall–Kier alpha value is -2.89. The highest BCUT2D eigenvalue weighted by molar-refractivity contribution is 6.31. The van der Waals surface area contributed by atoms with Crippen LogP contribution in [0.1, 0.15) is 17.5 Å². The van der Waals surface area contributed by atoms with E-state index in [0.29, 0.717) is 22.4 Å². The van der Waals surface area contributed by atoms with E-state index in [1.807, 2.05) is 42.5 Å². The van der Waals surface area contributed by atoms with Crippen LogP contribution in [-0.4, -0.2) is 10.2 Å². The van der Waals surface area contributed by atoms with Crippen molar-refractivity contribution in [3.05, 3.63) is 100 Å².